The SMILES string of the molecule is O=C(O)[C@@H]1c2ccccc2C(=O)N(C2CCCC2)[C@H]1c1ccccc1. The van der Waals surface area contributed by atoms with E-state index in [1.165, 1.54) is 0 Å². The van der Waals surface area contributed by atoms with Gasteiger partial charge in [-0.1, -0.05) is 61.4 Å². The molecule has 0 aromatic heterocycles. The van der Waals surface area contributed by atoms with Crippen molar-refractivity contribution in [3.8, 4) is 0 Å². The lowest BCUT2D eigenvalue weighted by molar-refractivity contribution is -0.140. The fraction of sp³-hybridized carbons (Fsp3) is 0.333. The Labute approximate surface area is 147 Å². The van der Waals surface area contributed by atoms with E-state index in [9.17, 15) is 14.7 Å². The Hall–Kier alpha value is -2.62. The Morgan fingerprint density at radius 1 is 0.960 bits per heavy atom. The summed E-state index contributed by atoms with van der Waals surface area (Å²) < 4.78 is 0. The molecule has 128 valence electrons. The Morgan fingerprint density at radius 2 is 1.60 bits per heavy atom. The van der Waals surface area contributed by atoms with Crippen molar-refractivity contribution in [3.63, 3.8) is 0 Å². The van der Waals surface area contributed by atoms with E-state index in [4.69, 9.17) is 0 Å². The molecule has 1 N–H and O–H groups in total. The molecule has 0 bridgehead atoms. The molecule has 2 aliphatic rings. The highest BCUT2D eigenvalue weighted by molar-refractivity contribution is 6.00. The number of hydrogen-bond acceptors (Lipinski definition) is 2. The van der Waals surface area contributed by atoms with E-state index in [0.29, 0.717) is 11.1 Å². The summed E-state index contributed by atoms with van der Waals surface area (Å²) in [6.07, 6.45) is 4.08. The predicted molar refractivity (Wildman–Crippen MR) is 94.4 cm³/mol. The topological polar surface area (TPSA) is 57.6 Å². The second-order valence-electron chi connectivity index (χ2n) is 6.91. The summed E-state index contributed by atoms with van der Waals surface area (Å²) in [7, 11) is 0. The average molecular weight is 335 g/mol. The highest BCUT2D eigenvalue weighted by Gasteiger charge is 2.46. The first kappa shape index (κ1) is 15.9. The molecular weight excluding hydrogens is 314 g/mol. The molecule has 25 heavy (non-hydrogen) atoms. The smallest absolute Gasteiger partial charge is 0.313 e. The zero-order chi connectivity index (χ0) is 17.4. The first-order chi connectivity index (χ1) is 12.2. The van der Waals surface area contributed by atoms with Gasteiger partial charge in [-0.25, -0.2) is 0 Å². The number of benzene rings is 2. The van der Waals surface area contributed by atoms with Gasteiger partial charge in [-0.05, 0) is 30.0 Å². The van der Waals surface area contributed by atoms with Crippen LogP contribution in [0.3, 0.4) is 0 Å². The molecule has 1 saturated carbocycles. The molecule has 1 aliphatic heterocycles. The summed E-state index contributed by atoms with van der Waals surface area (Å²) in [6.45, 7) is 0. The van der Waals surface area contributed by atoms with Crippen molar-refractivity contribution in [1.29, 1.82) is 0 Å². The van der Waals surface area contributed by atoms with E-state index < -0.39 is 17.9 Å². The first-order valence-corrected chi connectivity index (χ1v) is 8.88. The zero-order valence-electron chi connectivity index (χ0n) is 14.0. The Morgan fingerprint density at radius 3 is 2.28 bits per heavy atom. The van der Waals surface area contributed by atoms with Crippen LogP contribution in [0.1, 0.15) is 59.1 Å². The molecule has 1 fully saturated rings. The molecule has 4 rings (SSSR count). The van der Waals surface area contributed by atoms with E-state index in [1.54, 1.807) is 12.1 Å². The third-order valence-corrected chi connectivity index (χ3v) is 5.50. The molecule has 1 aliphatic carbocycles. The van der Waals surface area contributed by atoms with Crippen molar-refractivity contribution in [2.45, 2.75) is 43.7 Å². The van der Waals surface area contributed by atoms with E-state index in [0.717, 1.165) is 31.2 Å². The minimum absolute atomic E-state index is 0.0335. The van der Waals surface area contributed by atoms with Crippen molar-refractivity contribution in [3.05, 3.63) is 71.3 Å². The Kier molecular flexibility index (Phi) is 4.04. The second-order valence-corrected chi connectivity index (χ2v) is 6.91. The highest BCUT2D eigenvalue weighted by atomic mass is 16.4. The normalized spacial score (nSPS) is 23.5. The Balaban J connectivity index is 1.91. The van der Waals surface area contributed by atoms with Gasteiger partial charge in [-0.3, -0.25) is 9.59 Å². The average Bonchev–Trinajstić information content (AvgIpc) is 3.16. The molecule has 4 nitrogen and oxygen atoms in total. The number of carbonyl (C=O) groups excluding carboxylic acids is 1. The molecule has 0 radical (unpaired) electrons. The van der Waals surface area contributed by atoms with Crippen LogP contribution in [0.4, 0.5) is 0 Å². The Bertz CT molecular complexity index is 796. The maximum Gasteiger partial charge on any atom is 0.313 e. The molecule has 0 saturated heterocycles. The van der Waals surface area contributed by atoms with Gasteiger partial charge in [0.15, 0.2) is 0 Å². The van der Waals surface area contributed by atoms with Crippen molar-refractivity contribution in [2.24, 2.45) is 0 Å². The van der Waals surface area contributed by atoms with E-state index in [1.807, 2.05) is 47.4 Å². The van der Waals surface area contributed by atoms with Crippen LogP contribution in [-0.2, 0) is 4.79 Å². The fourth-order valence-electron chi connectivity index (χ4n) is 4.41. The summed E-state index contributed by atoms with van der Waals surface area (Å²) in [5, 5.41) is 10.0. The molecule has 1 amide bonds. The van der Waals surface area contributed by atoms with Crippen LogP contribution in [0.25, 0.3) is 0 Å². The molecule has 4 heteroatoms. The van der Waals surface area contributed by atoms with Gasteiger partial charge in [0, 0.05) is 11.6 Å². The molecule has 2 aromatic rings. The standard InChI is InChI=1S/C21H21NO3/c23-20-17-13-7-6-12-16(17)18(21(24)25)19(14-8-2-1-3-9-14)22(20)15-10-4-5-11-15/h1-3,6-9,12-13,15,18-19H,4-5,10-11H2,(H,24,25)/t18-,19+/m1/s1. The number of hydrogen-bond donors (Lipinski definition) is 1. The minimum atomic E-state index is -0.878. The van der Waals surface area contributed by atoms with Crippen LogP contribution in [0.15, 0.2) is 54.6 Å². The summed E-state index contributed by atoms with van der Waals surface area (Å²) in [6, 6.07) is 16.4. The quantitative estimate of drug-likeness (QED) is 0.922. The van der Waals surface area contributed by atoms with E-state index in [-0.39, 0.29) is 11.9 Å². The number of nitrogens with zero attached hydrogens (tertiary/aromatic N) is 1. The predicted octanol–water partition coefficient (Wildman–Crippen LogP) is 3.99. The number of fused-ring (bicyclic) bond motifs is 1. The molecule has 2 atom stereocenters. The largest absolute Gasteiger partial charge is 0.481 e. The third kappa shape index (κ3) is 2.62. The number of carboxylic acids is 1. The van der Waals surface area contributed by atoms with Gasteiger partial charge < -0.3 is 10.0 Å². The fourth-order valence-corrected chi connectivity index (χ4v) is 4.41. The molecule has 0 spiro atoms. The van der Waals surface area contributed by atoms with Crippen LogP contribution in [0, 0.1) is 0 Å². The van der Waals surface area contributed by atoms with Crippen LogP contribution in [0.5, 0.6) is 0 Å². The van der Waals surface area contributed by atoms with Gasteiger partial charge in [-0.15, -0.1) is 0 Å². The number of carbonyl (C=O) groups is 2. The van der Waals surface area contributed by atoms with Crippen molar-refractivity contribution < 1.29 is 14.7 Å². The summed E-state index contributed by atoms with van der Waals surface area (Å²) in [4.78, 5) is 27.4. The molecular formula is C21H21NO3. The van der Waals surface area contributed by atoms with Gasteiger partial charge >= 0.3 is 5.97 Å². The van der Waals surface area contributed by atoms with Crippen LogP contribution in [-0.4, -0.2) is 27.9 Å². The zero-order valence-corrected chi connectivity index (χ0v) is 14.0. The van der Waals surface area contributed by atoms with Gasteiger partial charge in [0.05, 0.1) is 6.04 Å². The summed E-state index contributed by atoms with van der Waals surface area (Å²) in [5.74, 6) is -1.65. The maximum atomic E-state index is 13.3. The lowest BCUT2D eigenvalue weighted by Crippen LogP contribution is -2.49. The number of aliphatic carboxylic acids is 1. The minimum Gasteiger partial charge on any atom is -0.481 e. The van der Waals surface area contributed by atoms with E-state index in [2.05, 4.69) is 0 Å². The lowest BCUT2D eigenvalue weighted by Gasteiger charge is -2.44. The number of amides is 1. The molecule has 0 unspecified atom stereocenters. The monoisotopic (exact) mass is 335 g/mol. The van der Waals surface area contributed by atoms with Crippen LogP contribution < -0.4 is 0 Å². The number of rotatable bonds is 3. The number of carboxylic acid groups (broad SMARTS) is 1. The van der Waals surface area contributed by atoms with Gasteiger partial charge in [0.1, 0.15) is 5.92 Å². The first-order valence-electron chi connectivity index (χ1n) is 8.88. The van der Waals surface area contributed by atoms with Crippen molar-refractivity contribution >= 4 is 11.9 Å². The maximum absolute atomic E-state index is 13.3. The van der Waals surface area contributed by atoms with Gasteiger partial charge in [0.2, 0.25) is 0 Å². The lowest BCUT2D eigenvalue weighted by atomic mass is 9.79. The second kappa shape index (κ2) is 6.36. The van der Waals surface area contributed by atoms with E-state index >= 15 is 0 Å². The van der Waals surface area contributed by atoms with Gasteiger partial charge in [-0.2, -0.15) is 0 Å². The van der Waals surface area contributed by atoms with Crippen molar-refractivity contribution in [1.82, 2.24) is 4.90 Å². The third-order valence-electron chi connectivity index (χ3n) is 5.50. The van der Waals surface area contributed by atoms with Crippen LogP contribution in [0.2, 0.25) is 0 Å². The van der Waals surface area contributed by atoms with Crippen molar-refractivity contribution in [2.75, 3.05) is 0 Å². The summed E-state index contributed by atoms with van der Waals surface area (Å²) >= 11 is 0. The summed E-state index contributed by atoms with van der Waals surface area (Å²) in [5.41, 5.74) is 2.06. The molecule has 1 heterocycles. The van der Waals surface area contributed by atoms with Gasteiger partial charge in [0.25, 0.3) is 5.91 Å². The van der Waals surface area contributed by atoms with Crippen LogP contribution >= 0.6 is 0 Å². The molecule has 2 aromatic carbocycles. The highest BCUT2D eigenvalue weighted by Crippen LogP contribution is 2.45.